The van der Waals surface area contributed by atoms with E-state index in [0.29, 0.717) is 10.8 Å². The van der Waals surface area contributed by atoms with Gasteiger partial charge in [0.25, 0.3) is 5.91 Å². The Kier molecular flexibility index (Phi) is 6.53. The predicted octanol–water partition coefficient (Wildman–Crippen LogP) is 5.19. The normalized spacial score (nSPS) is 11.9. The Labute approximate surface area is 186 Å². The number of aromatic nitrogens is 2. The number of carbonyl (C=O) groups is 1. The van der Waals surface area contributed by atoms with E-state index in [-0.39, 0.29) is 18.6 Å². The van der Waals surface area contributed by atoms with Crippen molar-refractivity contribution in [2.24, 2.45) is 0 Å². The zero-order valence-electron chi connectivity index (χ0n) is 17.3. The Morgan fingerprint density at radius 3 is 2.52 bits per heavy atom. The van der Waals surface area contributed by atoms with E-state index >= 15 is 0 Å². The van der Waals surface area contributed by atoms with Crippen LogP contribution in [0.2, 0.25) is 5.02 Å². The second-order valence-corrected chi connectivity index (χ2v) is 7.81. The SMILES string of the molecule is CC(NC(=O)COc1ccc(Cl)cc1)c1nc2ccccc2n1CCc1ccccc1. The molecule has 1 heterocycles. The number of hydrogen-bond donors (Lipinski definition) is 1. The monoisotopic (exact) mass is 433 g/mol. The molecule has 0 radical (unpaired) electrons. The smallest absolute Gasteiger partial charge is 0.258 e. The fourth-order valence-electron chi connectivity index (χ4n) is 3.57. The maximum absolute atomic E-state index is 12.5. The molecule has 0 saturated heterocycles. The number of nitrogens with zero attached hydrogens (tertiary/aromatic N) is 2. The minimum atomic E-state index is -0.260. The molecule has 1 amide bonds. The third kappa shape index (κ3) is 5.25. The van der Waals surface area contributed by atoms with E-state index in [1.54, 1.807) is 24.3 Å². The molecule has 0 spiro atoms. The minimum absolute atomic E-state index is 0.0732. The molecule has 0 bridgehead atoms. The van der Waals surface area contributed by atoms with Gasteiger partial charge in [0.2, 0.25) is 0 Å². The zero-order valence-corrected chi connectivity index (χ0v) is 18.0. The summed E-state index contributed by atoms with van der Waals surface area (Å²) in [5.41, 5.74) is 3.25. The number of para-hydroxylation sites is 2. The summed E-state index contributed by atoms with van der Waals surface area (Å²) in [6, 6.07) is 25.1. The lowest BCUT2D eigenvalue weighted by molar-refractivity contribution is -0.123. The van der Waals surface area contributed by atoms with Crippen molar-refractivity contribution < 1.29 is 9.53 Å². The minimum Gasteiger partial charge on any atom is -0.484 e. The largest absolute Gasteiger partial charge is 0.484 e. The predicted molar refractivity (Wildman–Crippen MR) is 123 cm³/mol. The van der Waals surface area contributed by atoms with E-state index in [1.165, 1.54) is 5.56 Å². The van der Waals surface area contributed by atoms with Gasteiger partial charge in [-0.3, -0.25) is 4.79 Å². The first-order valence-electron chi connectivity index (χ1n) is 10.3. The number of amides is 1. The molecule has 0 aliphatic rings. The molecule has 158 valence electrons. The number of halogens is 1. The van der Waals surface area contributed by atoms with Gasteiger partial charge in [-0.15, -0.1) is 0 Å². The summed E-state index contributed by atoms with van der Waals surface area (Å²) in [6.07, 6.45) is 0.883. The van der Waals surface area contributed by atoms with Crippen LogP contribution in [0.15, 0.2) is 78.9 Å². The molecule has 3 aromatic carbocycles. The maximum Gasteiger partial charge on any atom is 0.258 e. The summed E-state index contributed by atoms with van der Waals surface area (Å²) in [5, 5.41) is 3.63. The molecule has 1 N–H and O–H groups in total. The van der Waals surface area contributed by atoms with Crippen molar-refractivity contribution in [3.8, 4) is 5.75 Å². The molecule has 0 aliphatic heterocycles. The Bertz CT molecular complexity index is 1160. The van der Waals surface area contributed by atoms with E-state index in [2.05, 4.69) is 28.1 Å². The van der Waals surface area contributed by atoms with Crippen molar-refractivity contribution in [1.29, 1.82) is 0 Å². The first-order valence-corrected chi connectivity index (χ1v) is 10.6. The molecular weight excluding hydrogens is 410 g/mol. The van der Waals surface area contributed by atoms with Gasteiger partial charge in [0.15, 0.2) is 6.61 Å². The van der Waals surface area contributed by atoms with Crippen molar-refractivity contribution in [2.45, 2.75) is 25.9 Å². The van der Waals surface area contributed by atoms with Crippen LogP contribution in [-0.2, 0) is 17.8 Å². The van der Waals surface area contributed by atoms with Gasteiger partial charge in [0.1, 0.15) is 11.6 Å². The van der Waals surface area contributed by atoms with Crippen LogP contribution in [0.25, 0.3) is 11.0 Å². The summed E-state index contributed by atoms with van der Waals surface area (Å²) in [6.45, 7) is 2.65. The molecule has 1 atom stereocenters. The Morgan fingerprint density at radius 2 is 1.74 bits per heavy atom. The van der Waals surface area contributed by atoms with Gasteiger partial charge in [-0.1, -0.05) is 54.1 Å². The molecule has 0 aliphatic carbocycles. The molecular formula is C25H24ClN3O2. The number of imidazole rings is 1. The number of ether oxygens (including phenoxy) is 1. The molecule has 0 fully saturated rings. The lowest BCUT2D eigenvalue weighted by Crippen LogP contribution is -2.32. The van der Waals surface area contributed by atoms with Crippen molar-refractivity contribution in [2.75, 3.05) is 6.61 Å². The van der Waals surface area contributed by atoms with Crippen LogP contribution in [0.1, 0.15) is 24.4 Å². The summed E-state index contributed by atoms with van der Waals surface area (Å²) in [7, 11) is 0. The standard InChI is InChI=1S/C25H24ClN3O2/c1-18(27-24(30)17-31-21-13-11-20(26)12-14-21)25-28-22-9-5-6-10-23(22)29(25)16-15-19-7-3-2-4-8-19/h2-14,18H,15-17H2,1H3,(H,27,30). The number of rotatable bonds is 8. The van der Waals surface area contributed by atoms with E-state index in [4.69, 9.17) is 21.3 Å². The molecule has 1 aromatic heterocycles. The second-order valence-electron chi connectivity index (χ2n) is 7.38. The lowest BCUT2D eigenvalue weighted by atomic mass is 10.1. The highest BCUT2D eigenvalue weighted by Crippen LogP contribution is 2.22. The third-order valence-electron chi connectivity index (χ3n) is 5.10. The third-order valence-corrected chi connectivity index (χ3v) is 5.35. The van der Waals surface area contributed by atoms with Crippen LogP contribution in [0.4, 0.5) is 0 Å². The van der Waals surface area contributed by atoms with Gasteiger partial charge in [0, 0.05) is 11.6 Å². The van der Waals surface area contributed by atoms with Crippen LogP contribution in [0, 0.1) is 0 Å². The first kappa shape index (κ1) is 20.9. The Balaban J connectivity index is 1.46. The van der Waals surface area contributed by atoms with Crippen LogP contribution in [-0.4, -0.2) is 22.1 Å². The molecule has 31 heavy (non-hydrogen) atoms. The van der Waals surface area contributed by atoms with Crippen molar-refractivity contribution in [1.82, 2.24) is 14.9 Å². The van der Waals surface area contributed by atoms with Crippen molar-refractivity contribution >= 4 is 28.5 Å². The van der Waals surface area contributed by atoms with Gasteiger partial charge in [-0.2, -0.15) is 0 Å². The number of carbonyl (C=O) groups excluding carboxylic acids is 1. The number of nitrogens with one attached hydrogen (secondary N) is 1. The van der Waals surface area contributed by atoms with E-state index in [9.17, 15) is 4.79 Å². The first-order chi connectivity index (χ1) is 15.1. The molecule has 4 aromatic rings. The molecule has 1 unspecified atom stereocenters. The highest BCUT2D eigenvalue weighted by molar-refractivity contribution is 6.30. The van der Waals surface area contributed by atoms with Crippen LogP contribution < -0.4 is 10.1 Å². The van der Waals surface area contributed by atoms with Crippen LogP contribution in [0.3, 0.4) is 0 Å². The number of aryl methyl sites for hydroxylation is 2. The van der Waals surface area contributed by atoms with E-state index in [1.807, 2.05) is 43.3 Å². The van der Waals surface area contributed by atoms with Gasteiger partial charge in [-0.25, -0.2) is 4.98 Å². The van der Waals surface area contributed by atoms with Gasteiger partial charge >= 0.3 is 0 Å². The number of fused-ring (bicyclic) bond motifs is 1. The Morgan fingerprint density at radius 1 is 1.03 bits per heavy atom. The van der Waals surface area contributed by atoms with Crippen molar-refractivity contribution in [3.63, 3.8) is 0 Å². The summed E-state index contributed by atoms with van der Waals surface area (Å²) in [5.74, 6) is 1.23. The molecule has 6 heteroatoms. The highest BCUT2D eigenvalue weighted by atomic mass is 35.5. The van der Waals surface area contributed by atoms with Crippen molar-refractivity contribution in [3.05, 3.63) is 95.3 Å². The fraction of sp³-hybridized carbons (Fsp3) is 0.200. The maximum atomic E-state index is 12.5. The number of benzene rings is 3. The van der Waals surface area contributed by atoms with Gasteiger partial charge in [-0.05, 0) is 55.3 Å². The molecule has 4 rings (SSSR count). The van der Waals surface area contributed by atoms with Gasteiger partial charge in [0.05, 0.1) is 17.1 Å². The molecule has 0 saturated carbocycles. The van der Waals surface area contributed by atoms with E-state index in [0.717, 1.165) is 29.8 Å². The summed E-state index contributed by atoms with van der Waals surface area (Å²) in [4.78, 5) is 17.3. The quantitative estimate of drug-likeness (QED) is 0.416. The molecule has 5 nitrogen and oxygen atoms in total. The second kappa shape index (κ2) is 9.67. The summed E-state index contributed by atoms with van der Waals surface area (Å²) >= 11 is 5.88. The number of hydrogen-bond acceptors (Lipinski definition) is 3. The van der Waals surface area contributed by atoms with Crippen LogP contribution >= 0.6 is 11.6 Å². The average Bonchev–Trinajstić information content (AvgIpc) is 3.17. The van der Waals surface area contributed by atoms with Gasteiger partial charge < -0.3 is 14.6 Å². The fourth-order valence-corrected chi connectivity index (χ4v) is 3.70. The average molecular weight is 434 g/mol. The van der Waals surface area contributed by atoms with E-state index < -0.39 is 0 Å². The summed E-state index contributed by atoms with van der Waals surface area (Å²) < 4.78 is 7.74. The zero-order chi connectivity index (χ0) is 21.6. The lowest BCUT2D eigenvalue weighted by Gasteiger charge is -2.17. The highest BCUT2D eigenvalue weighted by Gasteiger charge is 2.18. The Hall–Kier alpha value is -3.31. The van der Waals surface area contributed by atoms with Crippen LogP contribution in [0.5, 0.6) is 5.75 Å². The topological polar surface area (TPSA) is 56.1 Å².